The summed E-state index contributed by atoms with van der Waals surface area (Å²) in [5.74, 6) is -0.509. The van der Waals surface area contributed by atoms with Gasteiger partial charge in [0, 0.05) is 24.2 Å². The minimum absolute atomic E-state index is 0.0113. The third kappa shape index (κ3) is 2.78. The Balaban J connectivity index is 2.21. The van der Waals surface area contributed by atoms with Crippen molar-refractivity contribution in [1.82, 2.24) is 4.90 Å². The number of nitro benzene ring substituents is 1. The van der Waals surface area contributed by atoms with Gasteiger partial charge in [0.1, 0.15) is 11.5 Å². The molecule has 0 heterocycles. The molecular formula is C13H17BrFN3O2. The quantitative estimate of drug-likeness (QED) is 0.656. The minimum atomic E-state index is -0.509. The van der Waals surface area contributed by atoms with Gasteiger partial charge in [0.2, 0.25) is 0 Å². The first-order valence-electron chi connectivity index (χ1n) is 6.40. The molecule has 0 aliphatic heterocycles. The van der Waals surface area contributed by atoms with Crippen molar-refractivity contribution < 1.29 is 9.31 Å². The molecule has 0 bridgehead atoms. The first-order chi connectivity index (χ1) is 9.35. The van der Waals surface area contributed by atoms with E-state index < -0.39 is 10.7 Å². The monoisotopic (exact) mass is 345 g/mol. The summed E-state index contributed by atoms with van der Waals surface area (Å²) in [5, 5.41) is 14.1. The Labute approximate surface area is 125 Å². The number of likely N-dealkylation sites (N-methyl/N-ethyl adjacent to an activating group) is 1. The average Bonchev–Trinajstić information content (AvgIpc) is 2.30. The van der Waals surface area contributed by atoms with Gasteiger partial charge in [-0.1, -0.05) is 0 Å². The van der Waals surface area contributed by atoms with Crippen LogP contribution in [0.1, 0.15) is 19.3 Å². The van der Waals surface area contributed by atoms with Gasteiger partial charge in [-0.3, -0.25) is 10.1 Å². The minimum Gasteiger partial charge on any atom is -0.378 e. The summed E-state index contributed by atoms with van der Waals surface area (Å²) in [6.45, 7) is 0.571. The van der Waals surface area contributed by atoms with Crippen LogP contribution in [-0.4, -0.2) is 36.0 Å². The fourth-order valence-electron chi connectivity index (χ4n) is 2.46. The Morgan fingerprint density at radius 2 is 2.15 bits per heavy atom. The van der Waals surface area contributed by atoms with E-state index in [1.807, 2.05) is 14.1 Å². The number of hydrogen-bond acceptors (Lipinski definition) is 4. The van der Waals surface area contributed by atoms with Gasteiger partial charge >= 0.3 is 0 Å². The highest BCUT2D eigenvalue weighted by Gasteiger charge is 2.39. The molecule has 110 valence electrons. The van der Waals surface area contributed by atoms with E-state index in [0.29, 0.717) is 6.54 Å². The molecule has 1 saturated carbocycles. The number of anilines is 1. The molecule has 0 unspecified atom stereocenters. The van der Waals surface area contributed by atoms with Crippen LogP contribution in [0.3, 0.4) is 0 Å². The summed E-state index contributed by atoms with van der Waals surface area (Å²) < 4.78 is 13.7. The van der Waals surface area contributed by atoms with Gasteiger partial charge in [0.05, 0.1) is 9.40 Å². The molecule has 1 N–H and O–H groups in total. The summed E-state index contributed by atoms with van der Waals surface area (Å²) in [6.07, 6.45) is 3.23. The van der Waals surface area contributed by atoms with Crippen molar-refractivity contribution in [2.75, 3.05) is 26.0 Å². The van der Waals surface area contributed by atoms with Crippen molar-refractivity contribution >= 4 is 27.3 Å². The van der Waals surface area contributed by atoms with Crippen molar-refractivity contribution in [2.45, 2.75) is 24.8 Å². The maximum Gasteiger partial charge on any atom is 0.293 e. The smallest absolute Gasteiger partial charge is 0.293 e. The summed E-state index contributed by atoms with van der Waals surface area (Å²) in [4.78, 5) is 12.7. The summed E-state index contributed by atoms with van der Waals surface area (Å²) >= 11 is 2.97. The molecule has 1 aromatic carbocycles. The maximum absolute atomic E-state index is 13.6. The molecule has 1 aromatic rings. The van der Waals surface area contributed by atoms with Gasteiger partial charge in [-0.2, -0.15) is 0 Å². The maximum atomic E-state index is 13.6. The van der Waals surface area contributed by atoms with E-state index in [1.165, 1.54) is 12.1 Å². The van der Waals surface area contributed by atoms with E-state index in [1.54, 1.807) is 0 Å². The number of rotatable bonds is 5. The molecule has 0 radical (unpaired) electrons. The van der Waals surface area contributed by atoms with Gasteiger partial charge in [0.25, 0.3) is 5.69 Å². The van der Waals surface area contributed by atoms with Crippen LogP contribution < -0.4 is 5.32 Å². The van der Waals surface area contributed by atoms with Gasteiger partial charge in [-0.15, -0.1) is 0 Å². The van der Waals surface area contributed by atoms with Crippen LogP contribution in [0.15, 0.2) is 16.6 Å². The molecule has 5 nitrogen and oxygen atoms in total. The first-order valence-corrected chi connectivity index (χ1v) is 7.20. The van der Waals surface area contributed by atoms with E-state index in [9.17, 15) is 14.5 Å². The molecule has 7 heteroatoms. The fraction of sp³-hybridized carbons (Fsp3) is 0.538. The van der Waals surface area contributed by atoms with Crippen LogP contribution in [0.4, 0.5) is 15.8 Å². The van der Waals surface area contributed by atoms with Crippen LogP contribution in [-0.2, 0) is 0 Å². The van der Waals surface area contributed by atoms with Gasteiger partial charge in [-0.25, -0.2) is 4.39 Å². The largest absolute Gasteiger partial charge is 0.378 e. The number of halogens is 2. The van der Waals surface area contributed by atoms with Crippen LogP contribution >= 0.6 is 15.9 Å². The molecule has 1 fully saturated rings. The SMILES string of the molecule is CN(C)C1(CNc2cc(F)c(Br)cc2[N+](=O)[O-])CCC1. The molecule has 0 spiro atoms. The zero-order valence-corrected chi connectivity index (χ0v) is 13.0. The van der Waals surface area contributed by atoms with Crippen LogP contribution in [0.2, 0.25) is 0 Å². The Morgan fingerprint density at radius 3 is 2.60 bits per heavy atom. The van der Waals surface area contributed by atoms with Gasteiger partial charge in [0.15, 0.2) is 0 Å². The third-order valence-corrected chi connectivity index (χ3v) is 4.68. The highest BCUT2D eigenvalue weighted by Crippen LogP contribution is 2.37. The molecule has 0 amide bonds. The Kier molecular flexibility index (Phi) is 4.29. The molecule has 1 aliphatic carbocycles. The molecule has 0 aromatic heterocycles. The lowest BCUT2D eigenvalue weighted by molar-refractivity contribution is -0.384. The van der Waals surface area contributed by atoms with Crippen LogP contribution in [0.25, 0.3) is 0 Å². The highest BCUT2D eigenvalue weighted by atomic mass is 79.9. The van der Waals surface area contributed by atoms with Crippen molar-refractivity contribution in [3.8, 4) is 0 Å². The summed E-state index contributed by atoms with van der Waals surface area (Å²) in [5.41, 5.74) is 0.118. The van der Waals surface area contributed by atoms with Crippen LogP contribution in [0, 0.1) is 15.9 Å². The normalized spacial score (nSPS) is 16.9. The van der Waals surface area contributed by atoms with Gasteiger partial charge < -0.3 is 10.2 Å². The Bertz CT molecular complexity index is 533. The summed E-state index contributed by atoms with van der Waals surface area (Å²) in [6, 6.07) is 2.37. The zero-order valence-electron chi connectivity index (χ0n) is 11.4. The summed E-state index contributed by atoms with van der Waals surface area (Å²) in [7, 11) is 3.99. The number of hydrogen-bond donors (Lipinski definition) is 1. The molecule has 1 aliphatic rings. The first kappa shape index (κ1) is 15.2. The second-order valence-corrected chi connectivity index (χ2v) is 6.22. The topological polar surface area (TPSA) is 58.4 Å². The molecule has 20 heavy (non-hydrogen) atoms. The Hall–Kier alpha value is -1.21. The van der Waals surface area contributed by atoms with Crippen molar-refractivity contribution in [1.29, 1.82) is 0 Å². The van der Waals surface area contributed by atoms with E-state index >= 15 is 0 Å². The standard InChI is InChI=1S/C13H17BrFN3O2/c1-17(2)13(4-3-5-13)8-16-11-7-10(15)9(14)6-12(11)18(19)20/h6-7,16H,3-5,8H2,1-2H3. The zero-order chi connectivity index (χ0) is 14.9. The average molecular weight is 346 g/mol. The number of nitrogens with one attached hydrogen (secondary N) is 1. The van der Waals surface area contributed by atoms with Gasteiger partial charge in [-0.05, 0) is 49.3 Å². The lowest BCUT2D eigenvalue weighted by Crippen LogP contribution is -2.54. The number of nitrogens with zero attached hydrogens (tertiary/aromatic N) is 2. The molecule has 2 rings (SSSR count). The lowest BCUT2D eigenvalue weighted by Gasteiger charge is -2.47. The molecular weight excluding hydrogens is 329 g/mol. The number of nitro groups is 1. The fourth-order valence-corrected chi connectivity index (χ4v) is 2.79. The van der Waals surface area contributed by atoms with Crippen LogP contribution in [0.5, 0.6) is 0 Å². The second kappa shape index (κ2) is 5.65. The van der Waals surface area contributed by atoms with Crippen molar-refractivity contribution in [3.63, 3.8) is 0 Å². The van der Waals surface area contributed by atoms with E-state index in [-0.39, 0.29) is 21.4 Å². The van der Waals surface area contributed by atoms with E-state index in [4.69, 9.17) is 0 Å². The third-order valence-electron chi connectivity index (χ3n) is 4.08. The lowest BCUT2D eigenvalue weighted by atomic mass is 9.75. The highest BCUT2D eigenvalue weighted by molar-refractivity contribution is 9.10. The van der Waals surface area contributed by atoms with Crippen molar-refractivity contribution in [3.05, 3.63) is 32.5 Å². The molecule has 0 atom stereocenters. The predicted octanol–water partition coefficient (Wildman–Crippen LogP) is 3.39. The van der Waals surface area contributed by atoms with E-state index in [0.717, 1.165) is 19.3 Å². The number of benzene rings is 1. The Morgan fingerprint density at radius 1 is 1.50 bits per heavy atom. The second-order valence-electron chi connectivity index (χ2n) is 5.37. The van der Waals surface area contributed by atoms with E-state index in [2.05, 4.69) is 26.1 Å². The van der Waals surface area contributed by atoms with Crippen molar-refractivity contribution in [2.24, 2.45) is 0 Å². The molecule has 0 saturated heterocycles. The predicted molar refractivity (Wildman–Crippen MR) is 79.5 cm³/mol.